The van der Waals surface area contributed by atoms with Crippen molar-refractivity contribution in [3.05, 3.63) is 63.8 Å². The summed E-state index contributed by atoms with van der Waals surface area (Å²) in [7, 11) is 0. The Morgan fingerprint density at radius 1 is 1.14 bits per heavy atom. The quantitative estimate of drug-likeness (QED) is 0.724. The van der Waals surface area contributed by atoms with E-state index in [0.29, 0.717) is 0 Å². The van der Waals surface area contributed by atoms with Crippen LogP contribution in [0, 0.1) is 6.92 Å². The molecule has 22 heavy (non-hydrogen) atoms. The molecule has 4 heteroatoms. The second kappa shape index (κ2) is 6.29. The Labute approximate surface area is 140 Å². The van der Waals surface area contributed by atoms with Gasteiger partial charge in [0.15, 0.2) is 0 Å². The Morgan fingerprint density at radius 3 is 2.86 bits per heavy atom. The van der Waals surface area contributed by atoms with Crippen LogP contribution in [0.3, 0.4) is 0 Å². The standard InChI is InChI=1S/C18H17NOS.ClH/c1-12-9-15-17(10-19-11-18(15)21-12)20-16-8-4-6-13-5-2-3-7-14(13)16;/h2-9,17,19H,10-11H2,1H3;1H. The molecule has 0 amide bonds. The summed E-state index contributed by atoms with van der Waals surface area (Å²) in [6, 6.07) is 16.9. The van der Waals surface area contributed by atoms with Crippen molar-refractivity contribution in [2.75, 3.05) is 6.54 Å². The van der Waals surface area contributed by atoms with Gasteiger partial charge in [0.05, 0.1) is 0 Å². The average molecular weight is 332 g/mol. The molecule has 0 saturated carbocycles. The zero-order chi connectivity index (χ0) is 14.2. The van der Waals surface area contributed by atoms with Crippen molar-refractivity contribution < 1.29 is 4.74 Å². The molecule has 0 radical (unpaired) electrons. The molecule has 1 aliphatic rings. The molecule has 2 nitrogen and oxygen atoms in total. The van der Waals surface area contributed by atoms with Gasteiger partial charge in [-0.25, -0.2) is 0 Å². The highest BCUT2D eigenvalue weighted by Crippen LogP contribution is 2.35. The number of hydrogen-bond acceptors (Lipinski definition) is 3. The van der Waals surface area contributed by atoms with Crippen molar-refractivity contribution in [1.29, 1.82) is 0 Å². The number of benzene rings is 2. The molecule has 0 fully saturated rings. The number of hydrogen-bond donors (Lipinski definition) is 1. The molecule has 0 bridgehead atoms. The summed E-state index contributed by atoms with van der Waals surface area (Å²) in [6.45, 7) is 3.99. The first kappa shape index (κ1) is 15.3. The molecular weight excluding hydrogens is 314 g/mol. The summed E-state index contributed by atoms with van der Waals surface area (Å²) in [5.41, 5.74) is 1.35. The summed E-state index contributed by atoms with van der Waals surface area (Å²) in [6.07, 6.45) is 0.101. The molecule has 1 N–H and O–H groups in total. The van der Waals surface area contributed by atoms with Crippen LogP contribution >= 0.6 is 23.7 Å². The number of fused-ring (bicyclic) bond motifs is 2. The first-order chi connectivity index (χ1) is 10.3. The lowest BCUT2D eigenvalue weighted by Gasteiger charge is -2.25. The van der Waals surface area contributed by atoms with E-state index in [-0.39, 0.29) is 18.5 Å². The number of halogens is 1. The fraction of sp³-hybridized carbons (Fsp3) is 0.222. The molecule has 1 unspecified atom stereocenters. The zero-order valence-corrected chi connectivity index (χ0v) is 14.0. The highest BCUT2D eigenvalue weighted by atomic mass is 35.5. The van der Waals surface area contributed by atoms with E-state index in [9.17, 15) is 0 Å². The van der Waals surface area contributed by atoms with Crippen molar-refractivity contribution in [2.45, 2.75) is 19.6 Å². The lowest BCUT2D eigenvalue weighted by atomic mass is 10.1. The maximum Gasteiger partial charge on any atom is 0.137 e. The minimum absolute atomic E-state index is 0. The predicted molar refractivity (Wildman–Crippen MR) is 95.3 cm³/mol. The molecule has 0 saturated heterocycles. The van der Waals surface area contributed by atoms with Crippen LogP contribution in [0.4, 0.5) is 0 Å². The summed E-state index contributed by atoms with van der Waals surface area (Å²) in [5, 5.41) is 5.86. The largest absolute Gasteiger partial charge is 0.484 e. The Morgan fingerprint density at radius 2 is 1.95 bits per heavy atom. The minimum Gasteiger partial charge on any atom is -0.484 e. The van der Waals surface area contributed by atoms with Gasteiger partial charge < -0.3 is 10.1 Å². The highest BCUT2D eigenvalue weighted by molar-refractivity contribution is 7.12. The Hall–Kier alpha value is -1.55. The van der Waals surface area contributed by atoms with Gasteiger partial charge in [-0.15, -0.1) is 23.7 Å². The van der Waals surface area contributed by atoms with E-state index in [1.54, 1.807) is 0 Å². The third kappa shape index (κ3) is 2.72. The van der Waals surface area contributed by atoms with E-state index in [0.717, 1.165) is 18.8 Å². The second-order valence-corrected chi connectivity index (χ2v) is 6.79. The highest BCUT2D eigenvalue weighted by Gasteiger charge is 2.24. The van der Waals surface area contributed by atoms with Crippen LogP contribution in [0.2, 0.25) is 0 Å². The summed E-state index contributed by atoms with van der Waals surface area (Å²) >= 11 is 1.87. The second-order valence-electron chi connectivity index (χ2n) is 5.45. The zero-order valence-electron chi connectivity index (χ0n) is 12.3. The van der Waals surface area contributed by atoms with Crippen LogP contribution in [0.5, 0.6) is 5.75 Å². The molecular formula is C18H18ClNOS. The number of nitrogens with one attached hydrogen (secondary N) is 1. The summed E-state index contributed by atoms with van der Waals surface area (Å²) in [4.78, 5) is 2.76. The third-order valence-corrected chi connectivity index (χ3v) is 5.01. The van der Waals surface area contributed by atoms with Crippen LogP contribution in [0.1, 0.15) is 21.4 Å². The smallest absolute Gasteiger partial charge is 0.137 e. The number of ether oxygens (including phenoxy) is 1. The normalized spacial score (nSPS) is 16.9. The lowest BCUT2D eigenvalue weighted by Crippen LogP contribution is -2.30. The van der Waals surface area contributed by atoms with Crippen molar-refractivity contribution in [3.8, 4) is 5.75 Å². The third-order valence-electron chi connectivity index (χ3n) is 3.95. The van der Waals surface area contributed by atoms with Gasteiger partial charge in [0, 0.05) is 33.8 Å². The summed E-state index contributed by atoms with van der Waals surface area (Å²) in [5.74, 6) is 0.969. The van der Waals surface area contributed by atoms with Crippen molar-refractivity contribution in [2.24, 2.45) is 0 Å². The topological polar surface area (TPSA) is 21.3 Å². The van der Waals surface area contributed by atoms with Gasteiger partial charge in [-0.1, -0.05) is 36.4 Å². The molecule has 1 aliphatic heterocycles. The van der Waals surface area contributed by atoms with E-state index in [4.69, 9.17) is 4.74 Å². The molecule has 0 spiro atoms. The minimum atomic E-state index is 0. The molecule has 114 valence electrons. The van der Waals surface area contributed by atoms with Gasteiger partial charge in [-0.3, -0.25) is 0 Å². The van der Waals surface area contributed by atoms with Crippen molar-refractivity contribution in [3.63, 3.8) is 0 Å². The monoisotopic (exact) mass is 331 g/mol. The summed E-state index contributed by atoms with van der Waals surface area (Å²) < 4.78 is 6.35. The van der Waals surface area contributed by atoms with Gasteiger partial charge in [-0.05, 0) is 24.4 Å². The molecule has 2 aromatic carbocycles. The molecule has 1 aromatic heterocycles. The molecule has 3 aromatic rings. The van der Waals surface area contributed by atoms with Gasteiger partial charge >= 0.3 is 0 Å². The lowest BCUT2D eigenvalue weighted by molar-refractivity contribution is 0.195. The van der Waals surface area contributed by atoms with Crippen LogP contribution < -0.4 is 10.1 Å². The molecule has 2 heterocycles. The fourth-order valence-corrected chi connectivity index (χ4v) is 4.03. The van der Waals surface area contributed by atoms with E-state index in [1.807, 2.05) is 11.3 Å². The Balaban J connectivity index is 0.00000144. The van der Waals surface area contributed by atoms with Crippen LogP contribution in [-0.4, -0.2) is 6.54 Å². The number of aryl methyl sites for hydroxylation is 1. The maximum absolute atomic E-state index is 6.35. The van der Waals surface area contributed by atoms with E-state index in [1.165, 1.54) is 26.1 Å². The molecule has 0 aliphatic carbocycles. The first-order valence-electron chi connectivity index (χ1n) is 7.25. The maximum atomic E-state index is 6.35. The van der Waals surface area contributed by atoms with E-state index in [2.05, 4.69) is 60.8 Å². The SMILES string of the molecule is Cc1cc2c(s1)CNCC2Oc1cccc2ccccc12.Cl. The van der Waals surface area contributed by atoms with E-state index < -0.39 is 0 Å². The van der Waals surface area contributed by atoms with Crippen LogP contribution in [0.15, 0.2) is 48.5 Å². The Bertz CT molecular complexity index is 793. The molecule has 4 rings (SSSR count). The van der Waals surface area contributed by atoms with E-state index >= 15 is 0 Å². The van der Waals surface area contributed by atoms with Crippen LogP contribution in [0.25, 0.3) is 10.8 Å². The number of rotatable bonds is 2. The van der Waals surface area contributed by atoms with Gasteiger partial charge in [0.25, 0.3) is 0 Å². The fourth-order valence-electron chi connectivity index (χ4n) is 2.98. The molecule has 1 atom stereocenters. The van der Waals surface area contributed by atoms with Crippen LogP contribution in [-0.2, 0) is 6.54 Å². The van der Waals surface area contributed by atoms with Crippen molar-refractivity contribution >= 4 is 34.5 Å². The van der Waals surface area contributed by atoms with Gasteiger partial charge in [0.1, 0.15) is 11.9 Å². The predicted octanol–water partition coefficient (Wildman–Crippen LogP) is 4.85. The van der Waals surface area contributed by atoms with Crippen molar-refractivity contribution in [1.82, 2.24) is 5.32 Å². The van der Waals surface area contributed by atoms with Gasteiger partial charge in [-0.2, -0.15) is 0 Å². The number of thiophene rings is 1. The first-order valence-corrected chi connectivity index (χ1v) is 8.07. The Kier molecular flexibility index (Phi) is 4.39. The average Bonchev–Trinajstić information content (AvgIpc) is 2.89. The van der Waals surface area contributed by atoms with Gasteiger partial charge in [0.2, 0.25) is 0 Å².